The van der Waals surface area contributed by atoms with Crippen molar-refractivity contribution in [3.63, 3.8) is 0 Å². The van der Waals surface area contributed by atoms with Crippen LogP contribution in [0, 0.1) is 12.8 Å². The maximum absolute atomic E-state index is 12.2. The largest absolute Gasteiger partial charge is 0.240 e. The zero-order chi connectivity index (χ0) is 13.2. The van der Waals surface area contributed by atoms with E-state index in [1.807, 2.05) is 19.1 Å². The molecule has 0 saturated heterocycles. The van der Waals surface area contributed by atoms with Crippen molar-refractivity contribution in [2.24, 2.45) is 5.92 Å². The number of nitrogens with one attached hydrogen (secondary N) is 1. The number of aryl methyl sites for hydroxylation is 1. The lowest BCUT2D eigenvalue weighted by atomic mass is 10.1. The zero-order valence-electron chi connectivity index (χ0n) is 10.4. The average molecular weight is 288 g/mol. The Morgan fingerprint density at radius 2 is 1.94 bits per heavy atom. The van der Waals surface area contributed by atoms with E-state index >= 15 is 0 Å². The fraction of sp³-hybridized carbons (Fsp3) is 0.538. The van der Waals surface area contributed by atoms with E-state index in [0.717, 1.165) is 24.8 Å². The van der Waals surface area contributed by atoms with E-state index in [-0.39, 0.29) is 12.0 Å². The molecule has 0 heterocycles. The summed E-state index contributed by atoms with van der Waals surface area (Å²) in [5.74, 6) is 0.771. The van der Waals surface area contributed by atoms with Crippen LogP contribution in [0.15, 0.2) is 29.2 Å². The summed E-state index contributed by atoms with van der Waals surface area (Å²) in [7, 11) is -3.41. The van der Waals surface area contributed by atoms with Gasteiger partial charge < -0.3 is 0 Å². The summed E-state index contributed by atoms with van der Waals surface area (Å²) >= 11 is 5.86. The van der Waals surface area contributed by atoms with Gasteiger partial charge in [-0.3, -0.25) is 0 Å². The SMILES string of the molecule is Cc1ccc(S(=O)(=O)NC2CCCC2CCl)cc1. The van der Waals surface area contributed by atoms with Crippen LogP contribution in [-0.4, -0.2) is 20.3 Å². The zero-order valence-corrected chi connectivity index (χ0v) is 12.0. The predicted molar refractivity (Wildman–Crippen MR) is 73.3 cm³/mol. The first-order valence-electron chi connectivity index (χ1n) is 6.18. The Morgan fingerprint density at radius 3 is 2.56 bits per heavy atom. The van der Waals surface area contributed by atoms with Crippen molar-refractivity contribution in [2.75, 3.05) is 5.88 Å². The molecule has 5 heteroatoms. The number of hydrogen-bond acceptors (Lipinski definition) is 2. The van der Waals surface area contributed by atoms with Crippen LogP contribution in [0.5, 0.6) is 0 Å². The number of halogens is 1. The van der Waals surface area contributed by atoms with Crippen LogP contribution in [-0.2, 0) is 10.0 Å². The van der Waals surface area contributed by atoms with Crippen LogP contribution >= 0.6 is 11.6 Å². The molecule has 1 aromatic carbocycles. The van der Waals surface area contributed by atoms with Crippen molar-refractivity contribution in [1.29, 1.82) is 0 Å². The Balaban J connectivity index is 2.14. The van der Waals surface area contributed by atoms with Crippen LogP contribution < -0.4 is 4.72 Å². The average Bonchev–Trinajstić information content (AvgIpc) is 2.76. The van der Waals surface area contributed by atoms with Crippen molar-refractivity contribution in [2.45, 2.75) is 37.1 Å². The summed E-state index contributed by atoms with van der Waals surface area (Å²) in [6.07, 6.45) is 2.92. The molecule has 0 aliphatic heterocycles. The number of benzene rings is 1. The summed E-state index contributed by atoms with van der Waals surface area (Å²) in [5.41, 5.74) is 1.05. The van der Waals surface area contributed by atoms with Gasteiger partial charge in [0.15, 0.2) is 0 Å². The van der Waals surface area contributed by atoms with Gasteiger partial charge in [-0.2, -0.15) is 0 Å². The van der Waals surface area contributed by atoms with Gasteiger partial charge in [0, 0.05) is 11.9 Å². The first kappa shape index (κ1) is 13.8. The van der Waals surface area contributed by atoms with Crippen molar-refractivity contribution in [3.8, 4) is 0 Å². The van der Waals surface area contributed by atoms with Crippen LogP contribution in [0.4, 0.5) is 0 Å². The summed E-state index contributed by atoms with van der Waals surface area (Å²) in [6, 6.07) is 6.88. The number of rotatable bonds is 4. The Morgan fingerprint density at radius 1 is 1.28 bits per heavy atom. The maximum atomic E-state index is 12.2. The molecular weight excluding hydrogens is 270 g/mol. The number of sulfonamides is 1. The molecular formula is C13H18ClNO2S. The minimum Gasteiger partial charge on any atom is -0.208 e. The molecule has 1 saturated carbocycles. The van der Waals surface area contributed by atoms with Gasteiger partial charge in [-0.15, -0.1) is 11.6 Å². The lowest BCUT2D eigenvalue weighted by Gasteiger charge is -2.18. The molecule has 0 aromatic heterocycles. The minimum absolute atomic E-state index is 0.0196. The third kappa shape index (κ3) is 3.05. The van der Waals surface area contributed by atoms with E-state index in [4.69, 9.17) is 11.6 Å². The Labute approximate surface area is 114 Å². The first-order chi connectivity index (χ1) is 8.53. The van der Waals surface area contributed by atoms with E-state index < -0.39 is 10.0 Å². The van der Waals surface area contributed by atoms with E-state index in [0.29, 0.717) is 10.8 Å². The normalized spacial score (nSPS) is 24.3. The highest BCUT2D eigenvalue weighted by Crippen LogP contribution is 2.28. The summed E-state index contributed by atoms with van der Waals surface area (Å²) in [6.45, 7) is 1.93. The highest BCUT2D eigenvalue weighted by atomic mass is 35.5. The van der Waals surface area contributed by atoms with Gasteiger partial charge >= 0.3 is 0 Å². The third-order valence-corrected chi connectivity index (χ3v) is 5.40. The predicted octanol–water partition coefficient (Wildman–Crippen LogP) is 2.68. The van der Waals surface area contributed by atoms with E-state index in [9.17, 15) is 8.42 Å². The topological polar surface area (TPSA) is 46.2 Å². The van der Waals surface area contributed by atoms with Crippen LogP contribution in [0.3, 0.4) is 0 Å². The van der Waals surface area contributed by atoms with Gasteiger partial charge in [0.25, 0.3) is 0 Å². The Hall–Kier alpha value is -0.580. The molecule has 0 radical (unpaired) electrons. The molecule has 100 valence electrons. The molecule has 0 bridgehead atoms. The molecule has 3 nitrogen and oxygen atoms in total. The molecule has 2 rings (SSSR count). The van der Waals surface area contributed by atoms with E-state index in [2.05, 4.69) is 4.72 Å². The highest BCUT2D eigenvalue weighted by Gasteiger charge is 2.30. The van der Waals surface area contributed by atoms with Crippen LogP contribution in [0.25, 0.3) is 0 Å². The van der Waals surface area contributed by atoms with Gasteiger partial charge in [0.05, 0.1) is 4.90 Å². The summed E-state index contributed by atoms with van der Waals surface area (Å²) < 4.78 is 27.2. The Kier molecular flexibility index (Phi) is 4.30. The molecule has 2 unspecified atom stereocenters. The number of alkyl halides is 1. The fourth-order valence-corrected chi connectivity index (χ4v) is 4.07. The molecule has 1 aliphatic rings. The minimum atomic E-state index is -3.41. The fourth-order valence-electron chi connectivity index (χ4n) is 2.36. The van der Waals surface area contributed by atoms with Gasteiger partial charge in [-0.1, -0.05) is 24.1 Å². The molecule has 1 aliphatic carbocycles. The number of hydrogen-bond donors (Lipinski definition) is 1. The second-order valence-corrected chi connectivity index (χ2v) is 6.91. The second-order valence-electron chi connectivity index (χ2n) is 4.89. The monoisotopic (exact) mass is 287 g/mol. The van der Waals surface area contributed by atoms with Crippen LogP contribution in [0.2, 0.25) is 0 Å². The van der Waals surface area contributed by atoms with Gasteiger partial charge in [0.1, 0.15) is 0 Å². The maximum Gasteiger partial charge on any atom is 0.240 e. The molecule has 1 aromatic rings. The molecule has 0 spiro atoms. The third-order valence-electron chi connectivity index (χ3n) is 3.50. The van der Waals surface area contributed by atoms with Crippen molar-refractivity contribution >= 4 is 21.6 Å². The highest BCUT2D eigenvalue weighted by molar-refractivity contribution is 7.89. The molecule has 0 amide bonds. The van der Waals surface area contributed by atoms with Gasteiger partial charge in [0.2, 0.25) is 10.0 Å². The lowest BCUT2D eigenvalue weighted by Crippen LogP contribution is -2.37. The lowest BCUT2D eigenvalue weighted by molar-refractivity contribution is 0.480. The quantitative estimate of drug-likeness (QED) is 0.866. The molecule has 2 atom stereocenters. The summed E-state index contributed by atoms with van der Waals surface area (Å²) in [4.78, 5) is 0.327. The van der Waals surface area contributed by atoms with E-state index in [1.54, 1.807) is 12.1 Å². The van der Waals surface area contributed by atoms with Gasteiger partial charge in [-0.25, -0.2) is 13.1 Å². The Bertz CT molecular complexity index is 498. The van der Waals surface area contributed by atoms with E-state index in [1.165, 1.54) is 0 Å². The standard InChI is InChI=1S/C13H18ClNO2S/c1-10-5-7-12(8-6-10)18(16,17)15-13-4-2-3-11(13)9-14/h5-8,11,13,15H,2-4,9H2,1H3. The smallest absolute Gasteiger partial charge is 0.208 e. The van der Waals surface area contributed by atoms with Crippen LogP contribution in [0.1, 0.15) is 24.8 Å². The van der Waals surface area contributed by atoms with Crippen molar-refractivity contribution in [1.82, 2.24) is 4.72 Å². The van der Waals surface area contributed by atoms with Crippen molar-refractivity contribution in [3.05, 3.63) is 29.8 Å². The summed E-state index contributed by atoms with van der Waals surface area (Å²) in [5, 5.41) is 0. The molecule has 1 N–H and O–H groups in total. The van der Waals surface area contributed by atoms with Gasteiger partial charge in [-0.05, 0) is 37.8 Å². The first-order valence-corrected chi connectivity index (χ1v) is 8.19. The molecule has 1 fully saturated rings. The second kappa shape index (κ2) is 5.59. The van der Waals surface area contributed by atoms with Crippen molar-refractivity contribution < 1.29 is 8.42 Å². The molecule has 18 heavy (non-hydrogen) atoms.